The number of amides is 4. The number of para-hydroxylation sites is 1. The molecule has 7 nitrogen and oxygen atoms in total. The molecule has 2 aromatic rings. The quantitative estimate of drug-likeness (QED) is 0.663. The highest BCUT2D eigenvalue weighted by atomic mass is 19.1. The molecule has 0 saturated carbocycles. The van der Waals surface area contributed by atoms with Gasteiger partial charge in [0.25, 0.3) is 0 Å². The third-order valence-corrected chi connectivity index (χ3v) is 5.22. The Morgan fingerprint density at radius 3 is 2.32 bits per heavy atom. The number of anilines is 1. The summed E-state index contributed by atoms with van der Waals surface area (Å²) in [6, 6.07) is 14.4. The fourth-order valence-corrected chi connectivity index (χ4v) is 3.59. The van der Waals surface area contributed by atoms with Crippen LogP contribution in [0.5, 0.6) is 0 Å². The Labute approximate surface area is 181 Å². The van der Waals surface area contributed by atoms with E-state index < -0.39 is 11.9 Å². The van der Waals surface area contributed by atoms with Gasteiger partial charge in [-0.1, -0.05) is 42.5 Å². The van der Waals surface area contributed by atoms with Gasteiger partial charge in [-0.25, -0.2) is 9.18 Å². The number of halogens is 1. The van der Waals surface area contributed by atoms with Crippen molar-refractivity contribution in [3.8, 4) is 0 Å². The zero-order valence-electron chi connectivity index (χ0n) is 17.4. The largest absolute Gasteiger partial charge is 0.351 e. The Morgan fingerprint density at radius 1 is 1.03 bits per heavy atom. The first-order valence-electron chi connectivity index (χ1n) is 10.3. The van der Waals surface area contributed by atoms with E-state index in [4.69, 9.17) is 0 Å². The molecule has 8 heteroatoms. The Bertz CT molecular complexity index is 914. The van der Waals surface area contributed by atoms with Gasteiger partial charge in [0.15, 0.2) is 0 Å². The third-order valence-electron chi connectivity index (χ3n) is 5.22. The maximum absolute atomic E-state index is 13.7. The SMILES string of the molecule is CC(=O)N[C@H](Cc1ccccc1)C(=O)NC1CCN(C(=O)Nc2ccccc2F)CC1. The second-order valence-corrected chi connectivity index (χ2v) is 7.62. The number of likely N-dealkylation sites (tertiary alicyclic amines) is 1. The summed E-state index contributed by atoms with van der Waals surface area (Å²) >= 11 is 0. The number of carbonyl (C=O) groups is 3. The molecule has 164 valence electrons. The highest BCUT2D eigenvalue weighted by molar-refractivity contribution is 5.89. The van der Waals surface area contributed by atoms with E-state index in [1.807, 2.05) is 30.3 Å². The summed E-state index contributed by atoms with van der Waals surface area (Å²) < 4.78 is 13.7. The van der Waals surface area contributed by atoms with Crippen LogP contribution in [0.1, 0.15) is 25.3 Å². The van der Waals surface area contributed by atoms with E-state index >= 15 is 0 Å². The molecular formula is C23H27FN4O3. The molecule has 1 saturated heterocycles. The summed E-state index contributed by atoms with van der Waals surface area (Å²) in [5, 5.41) is 8.29. The van der Waals surface area contributed by atoms with Crippen molar-refractivity contribution >= 4 is 23.5 Å². The predicted octanol–water partition coefficient (Wildman–Crippen LogP) is 2.69. The van der Waals surface area contributed by atoms with Crippen LogP contribution in [-0.2, 0) is 16.0 Å². The van der Waals surface area contributed by atoms with Crippen molar-refractivity contribution in [2.24, 2.45) is 0 Å². The van der Waals surface area contributed by atoms with Gasteiger partial charge in [0.05, 0.1) is 5.69 Å². The van der Waals surface area contributed by atoms with Crippen LogP contribution in [-0.4, -0.2) is 47.9 Å². The molecule has 0 spiro atoms. The van der Waals surface area contributed by atoms with Crippen molar-refractivity contribution in [3.05, 3.63) is 66.0 Å². The number of nitrogens with zero attached hydrogens (tertiary/aromatic N) is 1. The molecule has 0 aliphatic carbocycles. The summed E-state index contributed by atoms with van der Waals surface area (Å²) in [5.41, 5.74) is 1.10. The lowest BCUT2D eigenvalue weighted by Crippen LogP contribution is -2.53. The lowest BCUT2D eigenvalue weighted by Gasteiger charge is -2.33. The van der Waals surface area contributed by atoms with E-state index in [1.165, 1.54) is 19.1 Å². The van der Waals surface area contributed by atoms with E-state index in [1.54, 1.807) is 17.0 Å². The van der Waals surface area contributed by atoms with E-state index in [2.05, 4.69) is 16.0 Å². The summed E-state index contributed by atoms with van der Waals surface area (Å²) in [5.74, 6) is -0.996. The number of piperidine rings is 1. The van der Waals surface area contributed by atoms with Crippen molar-refractivity contribution in [3.63, 3.8) is 0 Å². The number of hydrogen-bond acceptors (Lipinski definition) is 3. The van der Waals surface area contributed by atoms with Crippen molar-refractivity contribution in [2.45, 2.75) is 38.3 Å². The van der Waals surface area contributed by atoms with Crippen LogP contribution in [0.4, 0.5) is 14.9 Å². The molecule has 1 atom stereocenters. The molecule has 3 N–H and O–H groups in total. The second kappa shape index (κ2) is 10.6. The highest BCUT2D eigenvalue weighted by Gasteiger charge is 2.27. The summed E-state index contributed by atoms with van der Waals surface area (Å²) in [6.45, 7) is 2.27. The number of carbonyl (C=O) groups excluding carboxylic acids is 3. The molecule has 4 amide bonds. The third kappa shape index (κ3) is 6.53. The number of nitrogens with one attached hydrogen (secondary N) is 3. The predicted molar refractivity (Wildman–Crippen MR) is 116 cm³/mol. The van der Waals surface area contributed by atoms with Gasteiger partial charge in [-0.05, 0) is 30.5 Å². The molecule has 1 aliphatic heterocycles. The van der Waals surface area contributed by atoms with Gasteiger partial charge in [-0.3, -0.25) is 9.59 Å². The minimum Gasteiger partial charge on any atom is -0.351 e. The van der Waals surface area contributed by atoms with Crippen LogP contribution < -0.4 is 16.0 Å². The van der Waals surface area contributed by atoms with Crippen LogP contribution in [0, 0.1) is 5.82 Å². The molecule has 1 heterocycles. The molecule has 0 unspecified atom stereocenters. The first kappa shape index (κ1) is 22.3. The topological polar surface area (TPSA) is 90.5 Å². The molecule has 3 rings (SSSR count). The van der Waals surface area contributed by atoms with Gasteiger partial charge in [0.2, 0.25) is 11.8 Å². The lowest BCUT2D eigenvalue weighted by atomic mass is 10.0. The van der Waals surface area contributed by atoms with Crippen LogP contribution in [0.15, 0.2) is 54.6 Å². The zero-order valence-corrected chi connectivity index (χ0v) is 17.4. The average molecular weight is 426 g/mol. The fraction of sp³-hybridized carbons (Fsp3) is 0.348. The number of rotatable bonds is 6. The molecular weight excluding hydrogens is 399 g/mol. The molecule has 1 aliphatic rings. The van der Waals surface area contributed by atoms with Gasteiger partial charge < -0.3 is 20.9 Å². The van der Waals surface area contributed by atoms with Gasteiger partial charge >= 0.3 is 6.03 Å². The Morgan fingerprint density at radius 2 is 1.68 bits per heavy atom. The lowest BCUT2D eigenvalue weighted by molar-refractivity contribution is -0.128. The smallest absolute Gasteiger partial charge is 0.321 e. The van der Waals surface area contributed by atoms with Crippen molar-refractivity contribution in [1.82, 2.24) is 15.5 Å². The van der Waals surface area contributed by atoms with Crippen molar-refractivity contribution in [2.75, 3.05) is 18.4 Å². The average Bonchev–Trinajstić information content (AvgIpc) is 2.76. The number of urea groups is 1. The summed E-state index contributed by atoms with van der Waals surface area (Å²) in [7, 11) is 0. The van der Waals surface area contributed by atoms with Crippen molar-refractivity contribution < 1.29 is 18.8 Å². The van der Waals surface area contributed by atoms with E-state index in [0.29, 0.717) is 32.4 Å². The molecule has 0 bridgehead atoms. The molecule has 0 aromatic heterocycles. The first-order valence-corrected chi connectivity index (χ1v) is 10.3. The van der Waals surface area contributed by atoms with Gasteiger partial charge in [0.1, 0.15) is 11.9 Å². The molecule has 1 fully saturated rings. The van der Waals surface area contributed by atoms with Crippen LogP contribution in [0.25, 0.3) is 0 Å². The zero-order chi connectivity index (χ0) is 22.2. The Kier molecular flexibility index (Phi) is 7.59. The molecule has 31 heavy (non-hydrogen) atoms. The van der Waals surface area contributed by atoms with Gasteiger partial charge in [-0.15, -0.1) is 0 Å². The van der Waals surface area contributed by atoms with Crippen LogP contribution in [0.3, 0.4) is 0 Å². The summed E-state index contributed by atoms with van der Waals surface area (Å²) in [6.07, 6.45) is 1.55. The van der Waals surface area contributed by atoms with E-state index in [0.717, 1.165) is 5.56 Å². The standard InChI is InChI=1S/C23H27FN4O3/c1-16(29)25-21(15-17-7-3-2-4-8-17)22(30)26-18-11-13-28(14-12-18)23(31)27-20-10-6-5-9-19(20)24/h2-10,18,21H,11-15H2,1H3,(H,25,29)(H,26,30)(H,27,31)/t21-/m1/s1. The summed E-state index contributed by atoms with van der Waals surface area (Å²) in [4.78, 5) is 38.3. The van der Waals surface area contributed by atoms with E-state index in [-0.39, 0.29) is 29.6 Å². The molecule has 2 aromatic carbocycles. The normalized spacial score (nSPS) is 15.1. The van der Waals surface area contributed by atoms with E-state index in [9.17, 15) is 18.8 Å². The minimum absolute atomic E-state index is 0.1000. The number of hydrogen-bond donors (Lipinski definition) is 3. The first-order chi connectivity index (χ1) is 14.9. The van der Waals surface area contributed by atoms with Crippen molar-refractivity contribution in [1.29, 1.82) is 0 Å². The van der Waals surface area contributed by atoms with Crippen LogP contribution >= 0.6 is 0 Å². The number of benzene rings is 2. The van der Waals surface area contributed by atoms with Crippen LogP contribution in [0.2, 0.25) is 0 Å². The van der Waals surface area contributed by atoms with Gasteiger partial charge in [-0.2, -0.15) is 0 Å². The van der Waals surface area contributed by atoms with Gasteiger partial charge in [0, 0.05) is 32.5 Å². The monoisotopic (exact) mass is 426 g/mol. The fourth-order valence-electron chi connectivity index (χ4n) is 3.59. The second-order valence-electron chi connectivity index (χ2n) is 7.62. The Hall–Kier alpha value is -3.42. The highest BCUT2D eigenvalue weighted by Crippen LogP contribution is 2.16. The maximum Gasteiger partial charge on any atom is 0.321 e. The maximum atomic E-state index is 13.7. The Balaban J connectivity index is 1.51. The minimum atomic E-state index is -0.665. The molecule has 0 radical (unpaired) electrons.